The fourth-order valence-electron chi connectivity index (χ4n) is 3.33. The summed E-state index contributed by atoms with van der Waals surface area (Å²) in [5, 5.41) is 3.54. The Kier molecular flexibility index (Phi) is 6.98. The number of hydrogen-bond donors (Lipinski definition) is 2. The van der Waals surface area contributed by atoms with Gasteiger partial charge in [-0.05, 0) is 43.5 Å². The maximum atomic E-state index is 12.5. The minimum absolute atomic E-state index is 0. The predicted molar refractivity (Wildman–Crippen MR) is 104 cm³/mol. The van der Waals surface area contributed by atoms with E-state index in [1.54, 1.807) is 12.1 Å². The normalized spacial score (nSPS) is 20.1. The number of carbonyl (C=O) groups is 1. The van der Waals surface area contributed by atoms with E-state index in [0.29, 0.717) is 23.4 Å². The van der Waals surface area contributed by atoms with Crippen LogP contribution in [0.15, 0.2) is 33.8 Å². The summed E-state index contributed by atoms with van der Waals surface area (Å²) in [6.07, 6.45) is 5.70. The van der Waals surface area contributed by atoms with Gasteiger partial charge in [-0.3, -0.25) is 14.2 Å². The smallest absolute Gasteiger partial charge is 0.261 e. The molecule has 0 bridgehead atoms. The summed E-state index contributed by atoms with van der Waals surface area (Å²) in [4.78, 5) is 29.1. The highest BCUT2D eigenvalue weighted by Crippen LogP contribution is 2.23. The van der Waals surface area contributed by atoms with E-state index < -0.39 is 0 Å². The largest absolute Gasteiger partial charge is 0.351 e. The lowest BCUT2D eigenvalue weighted by molar-refractivity contribution is -0.123. The maximum absolute atomic E-state index is 12.5. The van der Waals surface area contributed by atoms with Crippen LogP contribution < -0.4 is 16.6 Å². The molecule has 1 aromatic carbocycles. The third-order valence-electron chi connectivity index (χ3n) is 4.66. The van der Waals surface area contributed by atoms with Gasteiger partial charge in [-0.15, -0.1) is 12.4 Å². The van der Waals surface area contributed by atoms with Crippen molar-refractivity contribution in [3.8, 4) is 0 Å². The van der Waals surface area contributed by atoms with Crippen LogP contribution in [0.25, 0.3) is 10.9 Å². The molecule has 2 aromatic rings. The van der Waals surface area contributed by atoms with E-state index in [2.05, 4.69) is 26.2 Å². The van der Waals surface area contributed by atoms with Crippen LogP contribution >= 0.6 is 28.3 Å². The molecular formula is C17H22BrClN4O2. The third kappa shape index (κ3) is 4.59. The van der Waals surface area contributed by atoms with Gasteiger partial charge in [-0.2, -0.15) is 0 Å². The molecule has 0 spiro atoms. The topological polar surface area (TPSA) is 90.0 Å². The zero-order valence-corrected chi connectivity index (χ0v) is 16.2. The fraction of sp³-hybridized carbons (Fsp3) is 0.471. The first-order valence-corrected chi connectivity index (χ1v) is 9.02. The van der Waals surface area contributed by atoms with E-state index >= 15 is 0 Å². The van der Waals surface area contributed by atoms with Crippen LogP contribution in [0.1, 0.15) is 25.7 Å². The molecule has 1 aromatic heterocycles. The minimum Gasteiger partial charge on any atom is -0.351 e. The first-order chi connectivity index (χ1) is 11.6. The second-order valence-electron chi connectivity index (χ2n) is 6.29. The standard InChI is InChI=1S/C17H21BrN4O2.ClH/c18-12-5-6-15-13(7-12)17(24)22(10-20-15)9-16(23)21-14-4-2-1-3-11(14)8-19;/h5-7,10-11,14H,1-4,8-9,19H2,(H,21,23);1H. The molecule has 3 rings (SSSR count). The summed E-state index contributed by atoms with van der Waals surface area (Å²) in [6.45, 7) is 0.554. The average Bonchev–Trinajstić information content (AvgIpc) is 2.58. The predicted octanol–water partition coefficient (Wildman–Crippen LogP) is 2.21. The van der Waals surface area contributed by atoms with E-state index in [1.807, 2.05) is 6.07 Å². The molecule has 0 saturated heterocycles. The molecule has 1 aliphatic carbocycles. The highest BCUT2D eigenvalue weighted by atomic mass is 79.9. The van der Waals surface area contributed by atoms with Crippen molar-refractivity contribution in [2.75, 3.05) is 6.54 Å². The molecule has 136 valence electrons. The average molecular weight is 430 g/mol. The molecule has 1 amide bonds. The molecule has 6 nitrogen and oxygen atoms in total. The Morgan fingerprint density at radius 1 is 1.36 bits per heavy atom. The van der Waals surface area contributed by atoms with Crippen molar-refractivity contribution in [3.63, 3.8) is 0 Å². The first-order valence-electron chi connectivity index (χ1n) is 8.22. The van der Waals surface area contributed by atoms with Crippen LogP contribution in [0.4, 0.5) is 0 Å². The number of rotatable bonds is 4. The maximum Gasteiger partial charge on any atom is 0.261 e. The van der Waals surface area contributed by atoms with Gasteiger partial charge in [-0.1, -0.05) is 28.8 Å². The van der Waals surface area contributed by atoms with E-state index in [4.69, 9.17) is 5.73 Å². The van der Waals surface area contributed by atoms with E-state index in [-0.39, 0.29) is 36.5 Å². The fourth-order valence-corrected chi connectivity index (χ4v) is 3.69. The lowest BCUT2D eigenvalue weighted by Gasteiger charge is -2.31. The van der Waals surface area contributed by atoms with Crippen molar-refractivity contribution in [3.05, 3.63) is 39.4 Å². The van der Waals surface area contributed by atoms with Crippen LogP contribution in [0.2, 0.25) is 0 Å². The van der Waals surface area contributed by atoms with Gasteiger partial charge in [0.1, 0.15) is 6.54 Å². The summed E-state index contributed by atoms with van der Waals surface area (Å²) in [5.41, 5.74) is 6.21. The van der Waals surface area contributed by atoms with Gasteiger partial charge in [0.15, 0.2) is 0 Å². The van der Waals surface area contributed by atoms with Crippen molar-refractivity contribution in [1.82, 2.24) is 14.9 Å². The molecule has 1 fully saturated rings. The zero-order valence-electron chi connectivity index (χ0n) is 13.8. The van der Waals surface area contributed by atoms with Crippen LogP contribution in [0.5, 0.6) is 0 Å². The zero-order chi connectivity index (χ0) is 17.1. The van der Waals surface area contributed by atoms with Gasteiger partial charge in [0.2, 0.25) is 5.91 Å². The van der Waals surface area contributed by atoms with Gasteiger partial charge in [0, 0.05) is 10.5 Å². The molecule has 2 unspecified atom stereocenters. The number of nitrogens with one attached hydrogen (secondary N) is 1. The Balaban J connectivity index is 0.00000225. The van der Waals surface area contributed by atoms with Gasteiger partial charge < -0.3 is 11.1 Å². The molecule has 0 radical (unpaired) electrons. The number of benzene rings is 1. The number of carbonyl (C=O) groups excluding carboxylic acids is 1. The summed E-state index contributed by atoms with van der Waals surface area (Å²) < 4.78 is 2.16. The number of nitrogens with two attached hydrogens (primary N) is 1. The summed E-state index contributed by atoms with van der Waals surface area (Å²) in [6, 6.07) is 5.44. The molecule has 1 aliphatic rings. The lowest BCUT2D eigenvalue weighted by Crippen LogP contribution is -2.46. The van der Waals surface area contributed by atoms with E-state index in [9.17, 15) is 9.59 Å². The van der Waals surface area contributed by atoms with Crippen LogP contribution in [0.3, 0.4) is 0 Å². The van der Waals surface area contributed by atoms with E-state index in [1.165, 1.54) is 10.9 Å². The molecule has 2 atom stereocenters. The Morgan fingerprint density at radius 3 is 2.88 bits per heavy atom. The Labute approximate surface area is 160 Å². The quantitative estimate of drug-likeness (QED) is 0.780. The first kappa shape index (κ1) is 19.9. The van der Waals surface area contributed by atoms with E-state index in [0.717, 1.165) is 30.2 Å². The Bertz CT molecular complexity index is 811. The molecule has 8 heteroatoms. The highest BCUT2D eigenvalue weighted by Gasteiger charge is 2.25. The number of amides is 1. The Hall–Kier alpha value is -1.44. The molecule has 0 aliphatic heterocycles. The molecular weight excluding hydrogens is 408 g/mol. The molecule has 1 saturated carbocycles. The summed E-state index contributed by atoms with van der Waals surface area (Å²) in [5.74, 6) is 0.156. The van der Waals surface area contributed by atoms with Gasteiger partial charge >= 0.3 is 0 Å². The minimum atomic E-state index is -0.213. The van der Waals surface area contributed by atoms with Crippen LogP contribution in [-0.4, -0.2) is 28.0 Å². The molecule has 3 N–H and O–H groups in total. The number of hydrogen-bond acceptors (Lipinski definition) is 4. The number of aromatic nitrogens is 2. The van der Waals surface area contributed by atoms with Crippen molar-refractivity contribution < 1.29 is 4.79 Å². The molecule has 1 heterocycles. The summed E-state index contributed by atoms with van der Waals surface area (Å²) in [7, 11) is 0. The van der Waals surface area contributed by atoms with Gasteiger partial charge in [0.25, 0.3) is 5.56 Å². The van der Waals surface area contributed by atoms with Crippen molar-refractivity contribution in [2.45, 2.75) is 38.3 Å². The SMILES string of the molecule is Cl.NCC1CCCCC1NC(=O)Cn1cnc2ccc(Br)cc2c1=O. The number of fused-ring (bicyclic) bond motifs is 1. The second-order valence-corrected chi connectivity index (χ2v) is 7.21. The third-order valence-corrected chi connectivity index (χ3v) is 5.15. The second kappa shape index (κ2) is 8.78. The monoisotopic (exact) mass is 428 g/mol. The van der Waals surface area contributed by atoms with Gasteiger partial charge in [-0.25, -0.2) is 4.98 Å². The van der Waals surface area contributed by atoms with Crippen molar-refractivity contribution in [2.24, 2.45) is 11.7 Å². The van der Waals surface area contributed by atoms with Crippen molar-refractivity contribution >= 4 is 45.1 Å². The highest BCUT2D eigenvalue weighted by molar-refractivity contribution is 9.10. The van der Waals surface area contributed by atoms with Crippen molar-refractivity contribution in [1.29, 1.82) is 0 Å². The number of nitrogens with zero attached hydrogens (tertiary/aromatic N) is 2. The molecule has 25 heavy (non-hydrogen) atoms. The van der Waals surface area contributed by atoms with Crippen LogP contribution in [0, 0.1) is 5.92 Å². The lowest BCUT2D eigenvalue weighted by atomic mass is 9.84. The van der Waals surface area contributed by atoms with Gasteiger partial charge in [0.05, 0.1) is 17.2 Å². The number of halogens is 2. The van der Waals surface area contributed by atoms with Crippen LogP contribution in [-0.2, 0) is 11.3 Å². The Morgan fingerprint density at radius 2 is 2.12 bits per heavy atom. The summed E-state index contributed by atoms with van der Waals surface area (Å²) >= 11 is 3.36.